The number of rotatable bonds is 7. The molecule has 10 heteroatoms. The number of benzene rings is 3. The van der Waals surface area contributed by atoms with Crippen molar-refractivity contribution in [1.82, 2.24) is 4.98 Å². The number of esters is 1. The molecule has 6 rings (SSSR count). The Kier molecular flexibility index (Phi) is 9.09. The first-order chi connectivity index (χ1) is 22.9. The van der Waals surface area contributed by atoms with E-state index in [1.165, 1.54) is 23.1 Å². The Balaban J connectivity index is 1.44. The van der Waals surface area contributed by atoms with Crippen molar-refractivity contribution in [2.75, 3.05) is 32.8 Å². The normalized spacial score (nSPS) is 18.6. The first-order valence-electron chi connectivity index (χ1n) is 15.8. The zero-order valence-electron chi connectivity index (χ0n) is 27.9. The third kappa shape index (κ3) is 6.19. The summed E-state index contributed by atoms with van der Waals surface area (Å²) in [5, 5.41) is 0.579. The van der Waals surface area contributed by atoms with Crippen molar-refractivity contribution in [3.8, 4) is 17.2 Å². The van der Waals surface area contributed by atoms with E-state index in [0.717, 1.165) is 28.8 Å². The van der Waals surface area contributed by atoms with E-state index < -0.39 is 17.9 Å². The third-order valence-corrected chi connectivity index (χ3v) is 9.58. The molecule has 1 aliphatic carbocycles. The molecule has 4 aromatic rings. The average molecular weight is 673 g/mol. The van der Waals surface area contributed by atoms with Crippen LogP contribution in [0.25, 0.3) is 22.6 Å². The van der Waals surface area contributed by atoms with E-state index in [4.69, 9.17) is 35.5 Å². The molecule has 1 aromatic heterocycles. The van der Waals surface area contributed by atoms with Gasteiger partial charge in [0.05, 0.1) is 43.1 Å². The Morgan fingerprint density at radius 2 is 1.71 bits per heavy atom. The third-order valence-electron chi connectivity index (χ3n) is 9.29. The van der Waals surface area contributed by atoms with Gasteiger partial charge >= 0.3 is 5.97 Å². The van der Waals surface area contributed by atoms with E-state index in [0.29, 0.717) is 58.8 Å². The van der Waals surface area contributed by atoms with E-state index in [-0.39, 0.29) is 22.3 Å². The molecule has 0 radical (unpaired) electrons. The van der Waals surface area contributed by atoms with E-state index >= 15 is 0 Å². The first kappa shape index (κ1) is 33.3. The standard InChI is InChI=1S/C38H38ClFN2O6/c1-38(2,3)23-18-22(15-21-16-31(45-4)35(47-6)32(17-21)46-5)34-26(19-23)33(25-9-7-8-10-29(25)41-34)37(44)48-30-13-14-42(36(30)43)24-11-12-28(40)27(39)20-24/h7-12,15-17,20,23,30H,13-14,18-19H2,1-6H3/b22-15-. The predicted octanol–water partition coefficient (Wildman–Crippen LogP) is 8.16. The molecule has 0 bridgehead atoms. The lowest BCUT2D eigenvalue weighted by molar-refractivity contribution is -0.124. The summed E-state index contributed by atoms with van der Waals surface area (Å²) >= 11 is 5.99. The van der Waals surface area contributed by atoms with Gasteiger partial charge in [0.1, 0.15) is 5.82 Å². The highest BCUT2D eigenvalue weighted by Crippen LogP contribution is 2.46. The fraction of sp³-hybridized carbons (Fsp3) is 0.342. The van der Waals surface area contributed by atoms with Crippen LogP contribution in [0, 0.1) is 17.2 Å². The number of aromatic nitrogens is 1. The van der Waals surface area contributed by atoms with Crippen LogP contribution >= 0.6 is 11.6 Å². The number of carbonyl (C=O) groups is 2. The molecule has 1 amide bonds. The van der Waals surface area contributed by atoms with Crippen LogP contribution in [0.4, 0.5) is 10.1 Å². The maximum Gasteiger partial charge on any atom is 0.339 e. The van der Waals surface area contributed by atoms with Crippen molar-refractivity contribution >= 4 is 51.7 Å². The van der Waals surface area contributed by atoms with Crippen LogP contribution in [0.15, 0.2) is 54.6 Å². The molecule has 0 spiro atoms. The van der Waals surface area contributed by atoms with Crippen LogP contribution in [0.1, 0.15) is 60.8 Å². The molecule has 0 N–H and O–H groups in total. The van der Waals surface area contributed by atoms with Crippen molar-refractivity contribution in [3.05, 3.63) is 87.8 Å². The highest BCUT2D eigenvalue weighted by atomic mass is 35.5. The van der Waals surface area contributed by atoms with Crippen LogP contribution in [0.2, 0.25) is 5.02 Å². The molecule has 250 valence electrons. The second-order valence-electron chi connectivity index (χ2n) is 13.2. The van der Waals surface area contributed by atoms with Crippen LogP contribution in [-0.4, -0.2) is 50.8 Å². The van der Waals surface area contributed by atoms with Crippen molar-refractivity contribution in [1.29, 1.82) is 0 Å². The van der Waals surface area contributed by atoms with Crippen molar-refractivity contribution in [2.24, 2.45) is 11.3 Å². The Morgan fingerprint density at radius 3 is 2.35 bits per heavy atom. The highest BCUT2D eigenvalue weighted by Gasteiger charge is 2.39. The van der Waals surface area contributed by atoms with Gasteiger partial charge in [0.25, 0.3) is 5.91 Å². The van der Waals surface area contributed by atoms with Crippen LogP contribution < -0.4 is 19.1 Å². The number of hydrogen-bond acceptors (Lipinski definition) is 7. The quantitative estimate of drug-likeness (QED) is 0.183. The SMILES string of the molecule is COc1cc(/C=C2/CC(C(C)(C)C)Cc3c2nc2ccccc2c3C(=O)OC2CCN(c3ccc(F)c(Cl)c3)C2=O)cc(OC)c1OC. The second kappa shape index (κ2) is 13.1. The summed E-state index contributed by atoms with van der Waals surface area (Å²) in [5.74, 6) is 0.187. The van der Waals surface area contributed by atoms with E-state index in [1.807, 2.05) is 36.4 Å². The van der Waals surface area contributed by atoms with E-state index in [1.54, 1.807) is 21.3 Å². The Morgan fingerprint density at radius 1 is 1.00 bits per heavy atom. The van der Waals surface area contributed by atoms with E-state index in [9.17, 15) is 14.0 Å². The number of allylic oxidation sites excluding steroid dienone is 1. The molecule has 0 saturated carbocycles. The molecule has 8 nitrogen and oxygen atoms in total. The second-order valence-corrected chi connectivity index (χ2v) is 13.6. The Labute approximate surface area is 284 Å². The first-order valence-corrected chi connectivity index (χ1v) is 16.2. The maximum atomic E-state index is 14.3. The van der Waals surface area contributed by atoms with Gasteiger partial charge in [0.15, 0.2) is 17.6 Å². The summed E-state index contributed by atoms with van der Waals surface area (Å²) < 4.78 is 36.6. The van der Waals surface area contributed by atoms with Crippen molar-refractivity contribution in [3.63, 3.8) is 0 Å². The van der Waals surface area contributed by atoms with Gasteiger partial charge in [-0.3, -0.25) is 4.79 Å². The van der Waals surface area contributed by atoms with E-state index in [2.05, 4.69) is 26.8 Å². The molecule has 2 atom stereocenters. The van der Waals surface area contributed by atoms with Crippen LogP contribution in [-0.2, 0) is 16.0 Å². The number of amides is 1. The number of halogens is 2. The van der Waals surface area contributed by atoms with Crippen LogP contribution in [0.5, 0.6) is 17.2 Å². The maximum absolute atomic E-state index is 14.3. The molecule has 1 aliphatic heterocycles. The molecular formula is C38H38ClFN2O6. The topological polar surface area (TPSA) is 87.2 Å². The molecular weight excluding hydrogens is 635 g/mol. The zero-order chi connectivity index (χ0) is 34.3. The molecule has 2 heterocycles. The predicted molar refractivity (Wildman–Crippen MR) is 185 cm³/mol. The summed E-state index contributed by atoms with van der Waals surface area (Å²) in [6, 6.07) is 15.4. The number of methoxy groups -OCH3 is 3. The van der Waals surface area contributed by atoms with Gasteiger partial charge in [-0.15, -0.1) is 0 Å². The summed E-state index contributed by atoms with van der Waals surface area (Å²) in [6.07, 6.45) is 2.68. The van der Waals surface area contributed by atoms with Crippen molar-refractivity contribution in [2.45, 2.75) is 46.1 Å². The molecule has 2 unspecified atom stereocenters. The minimum absolute atomic E-state index is 0.0839. The molecule has 1 fully saturated rings. The van der Waals surface area contributed by atoms with Gasteiger partial charge in [0, 0.05) is 24.0 Å². The smallest absolute Gasteiger partial charge is 0.339 e. The van der Waals surface area contributed by atoms with Gasteiger partial charge in [-0.2, -0.15) is 0 Å². The monoisotopic (exact) mass is 672 g/mol. The molecule has 3 aromatic carbocycles. The number of hydrogen-bond donors (Lipinski definition) is 0. The van der Waals surface area contributed by atoms with Gasteiger partial charge in [-0.1, -0.05) is 50.6 Å². The van der Waals surface area contributed by atoms with Crippen LogP contribution in [0.3, 0.4) is 0 Å². The fourth-order valence-electron chi connectivity index (χ4n) is 6.62. The summed E-state index contributed by atoms with van der Waals surface area (Å²) in [7, 11) is 4.72. The lowest BCUT2D eigenvalue weighted by Crippen LogP contribution is -2.33. The average Bonchev–Trinajstić information content (AvgIpc) is 3.42. The number of pyridine rings is 1. The number of para-hydroxylation sites is 1. The summed E-state index contributed by atoms with van der Waals surface area (Å²) in [5.41, 5.74) is 4.71. The number of anilines is 1. The minimum atomic E-state index is -1.000. The van der Waals surface area contributed by atoms with Gasteiger partial charge < -0.3 is 23.8 Å². The van der Waals surface area contributed by atoms with Gasteiger partial charge in [-0.25, -0.2) is 14.2 Å². The number of nitrogens with zero attached hydrogens (tertiary/aromatic N) is 2. The lowest BCUT2D eigenvalue weighted by atomic mass is 9.69. The number of ether oxygens (including phenoxy) is 4. The van der Waals surface area contributed by atoms with Crippen molar-refractivity contribution < 1.29 is 32.9 Å². The zero-order valence-corrected chi connectivity index (χ0v) is 28.6. The number of carbonyl (C=O) groups excluding carboxylic acids is 2. The summed E-state index contributed by atoms with van der Waals surface area (Å²) in [4.78, 5) is 34.3. The Hall–Kier alpha value is -4.63. The minimum Gasteiger partial charge on any atom is -0.493 e. The molecule has 1 saturated heterocycles. The number of fused-ring (bicyclic) bond motifs is 2. The largest absolute Gasteiger partial charge is 0.493 e. The summed E-state index contributed by atoms with van der Waals surface area (Å²) in [6.45, 7) is 6.89. The Bertz CT molecular complexity index is 1930. The fourth-order valence-corrected chi connectivity index (χ4v) is 6.79. The van der Waals surface area contributed by atoms with Gasteiger partial charge in [-0.05, 0) is 83.3 Å². The van der Waals surface area contributed by atoms with Gasteiger partial charge in [0.2, 0.25) is 5.75 Å². The molecule has 48 heavy (non-hydrogen) atoms. The molecule has 2 aliphatic rings. The highest BCUT2D eigenvalue weighted by molar-refractivity contribution is 6.31. The lowest BCUT2D eigenvalue weighted by Gasteiger charge is -2.36.